The zero-order valence-electron chi connectivity index (χ0n) is 18.3. The molecule has 0 radical (unpaired) electrons. The summed E-state index contributed by atoms with van der Waals surface area (Å²) in [6, 6.07) is 19.7. The lowest BCUT2D eigenvalue weighted by Crippen LogP contribution is -2.08. The number of amides is 1. The van der Waals surface area contributed by atoms with E-state index < -0.39 is 0 Å². The van der Waals surface area contributed by atoms with Crippen molar-refractivity contribution in [2.75, 3.05) is 24.9 Å². The van der Waals surface area contributed by atoms with Gasteiger partial charge in [0.2, 0.25) is 11.7 Å². The van der Waals surface area contributed by atoms with Crippen LogP contribution in [-0.2, 0) is 17.9 Å². The van der Waals surface area contributed by atoms with E-state index in [0.29, 0.717) is 30.4 Å². The minimum absolute atomic E-state index is 0.0965. The number of carbonyl (C=O) groups excluding carboxylic acids is 1. The van der Waals surface area contributed by atoms with Crippen LogP contribution in [0.25, 0.3) is 0 Å². The van der Waals surface area contributed by atoms with Crippen LogP contribution >= 0.6 is 0 Å². The van der Waals surface area contributed by atoms with Gasteiger partial charge in [-0.25, -0.2) is 0 Å². The summed E-state index contributed by atoms with van der Waals surface area (Å²) in [7, 11) is 3.22. The molecule has 162 valence electrons. The summed E-state index contributed by atoms with van der Waals surface area (Å²) in [5.74, 6) is 1.69. The van der Waals surface area contributed by atoms with Crippen molar-refractivity contribution in [2.45, 2.75) is 27.0 Å². The van der Waals surface area contributed by atoms with Crippen molar-refractivity contribution < 1.29 is 19.0 Å². The molecule has 0 aliphatic rings. The van der Waals surface area contributed by atoms with Gasteiger partial charge in [0.05, 0.1) is 14.2 Å². The minimum atomic E-state index is -0.0965. The Morgan fingerprint density at radius 1 is 0.903 bits per heavy atom. The predicted molar refractivity (Wildman–Crippen MR) is 123 cm³/mol. The van der Waals surface area contributed by atoms with Gasteiger partial charge in [0, 0.05) is 24.8 Å². The van der Waals surface area contributed by atoms with Gasteiger partial charge in [0.1, 0.15) is 6.61 Å². The van der Waals surface area contributed by atoms with E-state index in [1.807, 2.05) is 67.6 Å². The number of methoxy groups -OCH3 is 2. The first-order chi connectivity index (χ1) is 15.0. The number of anilines is 2. The van der Waals surface area contributed by atoms with Crippen LogP contribution in [0.3, 0.4) is 0 Å². The number of hydrogen-bond acceptors (Lipinski definition) is 5. The third-order valence-corrected chi connectivity index (χ3v) is 4.79. The number of benzene rings is 3. The number of carbonyl (C=O) groups is 1. The second kappa shape index (κ2) is 10.4. The van der Waals surface area contributed by atoms with Crippen LogP contribution in [0.15, 0.2) is 60.7 Å². The lowest BCUT2D eigenvalue weighted by atomic mass is 10.1. The average molecular weight is 421 g/mol. The Morgan fingerprint density at radius 2 is 1.58 bits per heavy atom. The van der Waals surface area contributed by atoms with Gasteiger partial charge >= 0.3 is 0 Å². The van der Waals surface area contributed by atoms with Crippen LogP contribution < -0.4 is 24.8 Å². The van der Waals surface area contributed by atoms with E-state index in [-0.39, 0.29) is 5.91 Å². The normalized spacial score (nSPS) is 10.3. The molecule has 6 heteroatoms. The summed E-state index contributed by atoms with van der Waals surface area (Å²) in [5.41, 5.74) is 4.73. The highest BCUT2D eigenvalue weighted by atomic mass is 16.5. The van der Waals surface area contributed by atoms with Crippen molar-refractivity contribution in [3.05, 3.63) is 77.4 Å². The first-order valence-electron chi connectivity index (χ1n) is 10.0. The molecule has 0 saturated carbocycles. The third kappa shape index (κ3) is 5.92. The molecule has 0 fully saturated rings. The molecular weight excluding hydrogens is 392 g/mol. The number of hydrogen-bond donors (Lipinski definition) is 2. The molecule has 0 aliphatic carbocycles. The molecular formula is C25H28N2O4. The molecule has 31 heavy (non-hydrogen) atoms. The average Bonchev–Trinajstić information content (AvgIpc) is 2.78. The van der Waals surface area contributed by atoms with E-state index in [2.05, 4.69) is 10.6 Å². The molecule has 0 bridgehead atoms. The molecule has 0 heterocycles. The number of ether oxygens (including phenoxy) is 3. The van der Waals surface area contributed by atoms with E-state index in [1.165, 1.54) is 6.92 Å². The Balaban J connectivity index is 1.75. The second-order valence-electron chi connectivity index (χ2n) is 7.17. The van der Waals surface area contributed by atoms with Crippen LogP contribution in [0.1, 0.15) is 23.6 Å². The molecule has 6 nitrogen and oxygen atoms in total. The Morgan fingerprint density at radius 3 is 2.19 bits per heavy atom. The van der Waals surface area contributed by atoms with Crippen molar-refractivity contribution in [3.8, 4) is 17.2 Å². The predicted octanol–water partition coefficient (Wildman–Crippen LogP) is 5.16. The summed E-state index contributed by atoms with van der Waals surface area (Å²) >= 11 is 0. The molecule has 3 aromatic rings. The van der Waals surface area contributed by atoms with Crippen molar-refractivity contribution in [1.82, 2.24) is 0 Å². The first-order valence-corrected chi connectivity index (χ1v) is 10.0. The highest BCUT2D eigenvalue weighted by Crippen LogP contribution is 2.39. The van der Waals surface area contributed by atoms with Gasteiger partial charge in [-0.3, -0.25) is 4.79 Å². The van der Waals surface area contributed by atoms with E-state index >= 15 is 0 Å². The molecule has 1 amide bonds. The van der Waals surface area contributed by atoms with E-state index in [0.717, 1.165) is 28.1 Å². The number of nitrogens with one attached hydrogen (secondary N) is 2. The highest BCUT2D eigenvalue weighted by Gasteiger charge is 2.15. The standard InChI is InChI=1S/C25H28N2O4/c1-17-10-11-21(14-22(17)27-18(2)28)26-15-20-12-23(29-3)25(24(13-20)30-4)31-16-19-8-6-5-7-9-19/h5-14,26H,15-16H2,1-4H3,(H,27,28). The fourth-order valence-electron chi connectivity index (χ4n) is 3.17. The third-order valence-electron chi connectivity index (χ3n) is 4.79. The molecule has 0 spiro atoms. The van der Waals surface area contributed by atoms with Crippen molar-refractivity contribution in [2.24, 2.45) is 0 Å². The maximum atomic E-state index is 11.4. The highest BCUT2D eigenvalue weighted by molar-refractivity contribution is 5.90. The Hall–Kier alpha value is -3.67. The zero-order valence-corrected chi connectivity index (χ0v) is 18.3. The molecule has 3 aromatic carbocycles. The van der Waals surface area contributed by atoms with Crippen LogP contribution in [0.5, 0.6) is 17.2 Å². The summed E-state index contributed by atoms with van der Waals surface area (Å²) < 4.78 is 17.1. The summed E-state index contributed by atoms with van der Waals surface area (Å²) in [6.45, 7) is 4.42. The lowest BCUT2D eigenvalue weighted by Gasteiger charge is -2.17. The van der Waals surface area contributed by atoms with Gasteiger partial charge in [-0.15, -0.1) is 0 Å². The van der Waals surface area contributed by atoms with Crippen LogP contribution in [-0.4, -0.2) is 20.1 Å². The fourth-order valence-corrected chi connectivity index (χ4v) is 3.17. The number of rotatable bonds is 9. The molecule has 0 unspecified atom stereocenters. The van der Waals surface area contributed by atoms with Crippen LogP contribution in [0.2, 0.25) is 0 Å². The van der Waals surface area contributed by atoms with Gasteiger partial charge in [-0.05, 0) is 47.9 Å². The van der Waals surface area contributed by atoms with Crippen LogP contribution in [0.4, 0.5) is 11.4 Å². The first kappa shape index (κ1) is 22.0. The molecule has 0 aliphatic heterocycles. The van der Waals surface area contributed by atoms with Gasteiger partial charge in [-0.2, -0.15) is 0 Å². The van der Waals surface area contributed by atoms with Crippen LogP contribution in [0, 0.1) is 6.92 Å². The quantitative estimate of drug-likeness (QED) is 0.500. The molecule has 3 rings (SSSR count). The van der Waals surface area contributed by atoms with E-state index in [4.69, 9.17) is 14.2 Å². The maximum Gasteiger partial charge on any atom is 0.221 e. The summed E-state index contributed by atoms with van der Waals surface area (Å²) in [5, 5.41) is 6.23. The van der Waals surface area contributed by atoms with E-state index in [1.54, 1.807) is 14.2 Å². The molecule has 2 N–H and O–H groups in total. The van der Waals surface area contributed by atoms with Crippen molar-refractivity contribution >= 4 is 17.3 Å². The van der Waals surface area contributed by atoms with E-state index in [9.17, 15) is 4.79 Å². The monoisotopic (exact) mass is 420 g/mol. The summed E-state index contributed by atoms with van der Waals surface area (Å²) in [6.07, 6.45) is 0. The smallest absolute Gasteiger partial charge is 0.221 e. The van der Waals surface area contributed by atoms with Gasteiger partial charge < -0.3 is 24.8 Å². The SMILES string of the molecule is COc1cc(CNc2ccc(C)c(NC(C)=O)c2)cc(OC)c1OCc1ccccc1. The van der Waals surface area contributed by atoms with Gasteiger partial charge in [-0.1, -0.05) is 36.4 Å². The second-order valence-corrected chi connectivity index (χ2v) is 7.17. The number of aryl methyl sites for hydroxylation is 1. The summed E-state index contributed by atoms with van der Waals surface area (Å²) in [4.78, 5) is 11.4. The molecule has 0 aromatic heterocycles. The Bertz CT molecular complexity index is 1010. The largest absolute Gasteiger partial charge is 0.493 e. The Labute approximate surface area is 183 Å². The maximum absolute atomic E-state index is 11.4. The fraction of sp³-hybridized carbons (Fsp3) is 0.240. The lowest BCUT2D eigenvalue weighted by molar-refractivity contribution is -0.114. The van der Waals surface area contributed by atoms with Gasteiger partial charge in [0.15, 0.2) is 11.5 Å². The van der Waals surface area contributed by atoms with Crippen molar-refractivity contribution in [1.29, 1.82) is 0 Å². The Kier molecular flexibility index (Phi) is 7.38. The molecule has 0 saturated heterocycles. The van der Waals surface area contributed by atoms with Crippen molar-refractivity contribution in [3.63, 3.8) is 0 Å². The topological polar surface area (TPSA) is 68.8 Å². The van der Waals surface area contributed by atoms with Gasteiger partial charge in [0.25, 0.3) is 0 Å². The molecule has 0 atom stereocenters. The minimum Gasteiger partial charge on any atom is -0.493 e. The zero-order chi connectivity index (χ0) is 22.2.